The molecule has 1 heterocycles. The lowest BCUT2D eigenvalue weighted by molar-refractivity contribution is 0.0977. The summed E-state index contributed by atoms with van der Waals surface area (Å²) in [7, 11) is 0. The summed E-state index contributed by atoms with van der Waals surface area (Å²) in [5.74, 6) is -0.210. The Bertz CT molecular complexity index is 777. The first kappa shape index (κ1) is 19.1. The molecule has 0 saturated carbocycles. The number of carbonyl (C=O) groups excluding carboxylic acids is 1. The van der Waals surface area contributed by atoms with E-state index in [4.69, 9.17) is 12.2 Å². The number of halogens is 1. The van der Waals surface area contributed by atoms with Crippen molar-refractivity contribution in [1.82, 2.24) is 5.32 Å². The molecule has 6 heteroatoms. The van der Waals surface area contributed by atoms with Crippen LogP contribution >= 0.6 is 34.8 Å². The number of anilines is 2. The fourth-order valence-corrected chi connectivity index (χ4v) is 3.73. The predicted molar refractivity (Wildman–Crippen MR) is 120 cm³/mol. The Labute approximate surface area is 173 Å². The fraction of sp³-hybridized carbons (Fsp3) is 0.300. The van der Waals surface area contributed by atoms with Crippen LogP contribution in [0.15, 0.2) is 48.5 Å². The highest BCUT2D eigenvalue weighted by atomic mass is 127. The van der Waals surface area contributed by atoms with Crippen molar-refractivity contribution in [3.63, 3.8) is 0 Å². The number of piperidine rings is 1. The molecule has 2 aromatic carbocycles. The van der Waals surface area contributed by atoms with Crippen LogP contribution in [-0.2, 0) is 0 Å². The van der Waals surface area contributed by atoms with E-state index in [0.29, 0.717) is 16.7 Å². The van der Waals surface area contributed by atoms with Crippen molar-refractivity contribution >= 4 is 57.2 Å². The quantitative estimate of drug-likeness (QED) is 0.491. The van der Waals surface area contributed by atoms with Gasteiger partial charge in [-0.3, -0.25) is 10.1 Å². The topological polar surface area (TPSA) is 44.4 Å². The molecule has 1 saturated heterocycles. The van der Waals surface area contributed by atoms with Gasteiger partial charge in [0.05, 0.1) is 0 Å². The zero-order valence-corrected chi connectivity index (χ0v) is 17.6. The second-order valence-corrected chi connectivity index (χ2v) is 8.15. The summed E-state index contributed by atoms with van der Waals surface area (Å²) in [6.07, 6.45) is 3.81. The smallest absolute Gasteiger partial charge is 0.257 e. The molecule has 2 aromatic rings. The van der Waals surface area contributed by atoms with Gasteiger partial charge in [-0.1, -0.05) is 0 Å². The van der Waals surface area contributed by atoms with Crippen molar-refractivity contribution in [2.24, 2.45) is 0 Å². The normalized spacial score (nSPS) is 16.8. The SMILES string of the molecule is C[C@@H]1CCCCN1c1ccc(NC(=S)NC(=O)c2ccc(I)cc2)cc1. The molecular weight excluding hydrogens is 457 g/mol. The number of carbonyl (C=O) groups is 1. The zero-order chi connectivity index (χ0) is 18.5. The number of benzene rings is 2. The van der Waals surface area contributed by atoms with E-state index in [1.54, 1.807) is 12.1 Å². The van der Waals surface area contributed by atoms with Crippen LogP contribution in [0, 0.1) is 3.57 Å². The minimum Gasteiger partial charge on any atom is -0.369 e. The van der Waals surface area contributed by atoms with Crippen LogP contribution in [0.3, 0.4) is 0 Å². The van der Waals surface area contributed by atoms with E-state index < -0.39 is 0 Å². The molecule has 1 fully saturated rings. The first-order chi connectivity index (χ1) is 12.5. The summed E-state index contributed by atoms with van der Waals surface area (Å²) in [4.78, 5) is 14.7. The highest BCUT2D eigenvalue weighted by molar-refractivity contribution is 14.1. The van der Waals surface area contributed by atoms with Gasteiger partial charge in [-0.15, -0.1) is 0 Å². The molecule has 0 bridgehead atoms. The Morgan fingerprint density at radius 2 is 1.81 bits per heavy atom. The molecule has 0 aliphatic carbocycles. The van der Waals surface area contributed by atoms with Crippen molar-refractivity contribution in [3.8, 4) is 0 Å². The van der Waals surface area contributed by atoms with Gasteiger partial charge in [-0.2, -0.15) is 0 Å². The number of nitrogens with one attached hydrogen (secondary N) is 2. The summed E-state index contributed by atoms with van der Waals surface area (Å²) in [5, 5.41) is 6.09. The number of hydrogen-bond donors (Lipinski definition) is 2. The summed E-state index contributed by atoms with van der Waals surface area (Å²) >= 11 is 7.47. The van der Waals surface area contributed by atoms with Gasteiger partial charge in [0.25, 0.3) is 5.91 Å². The monoisotopic (exact) mass is 479 g/mol. The molecule has 0 spiro atoms. The fourth-order valence-electron chi connectivity index (χ4n) is 3.16. The van der Waals surface area contributed by atoms with Crippen LogP contribution in [0.5, 0.6) is 0 Å². The lowest BCUT2D eigenvalue weighted by Gasteiger charge is -2.35. The summed E-state index contributed by atoms with van der Waals surface area (Å²) in [5.41, 5.74) is 2.69. The molecule has 4 nitrogen and oxygen atoms in total. The van der Waals surface area contributed by atoms with Crippen molar-refractivity contribution in [2.75, 3.05) is 16.8 Å². The largest absolute Gasteiger partial charge is 0.369 e. The van der Waals surface area contributed by atoms with Crippen LogP contribution in [0.4, 0.5) is 11.4 Å². The van der Waals surface area contributed by atoms with Crippen molar-refractivity contribution in [1.29, 1.82) is 0 Å². The molecule has 0 aromatic heterocycles. The summed E-state index contributed by atoms with van der Waals surface area (Å²) in [6, 6.07) is 16.2. The number of rotatable bonds is 3. The van der Waals surface area contributed by atoms with Crippen molar-refractivity contribution in [3.05, 3.63) is 57.7 Å². The molecule has 1 aliphatic rings. The summed E-state index contributed by atoms with van der Waals surface area (Å²) in [6.45, 7) is 3.39. The van der Waals surface area contributed by atoms with Gasteiger partial charge in [-0.05, 0) is 110 Å². The van der Waals surface area contributed by atoms with E-state index in [2.05, 4.69) is 57.2 Å². The number of hydrogen-bond acceptors (Lipinski definition) is 3. The molecule has 0 unspecified atom stereocenters. The molecule has 1 atom stereocenters. The molecule has 1 amide bonds. The lowest BCUT2D eigenvalue weighted by atomic mass is 10.0. The molecule has 2 N–H and O–H groups in total. The van der Waals surface area contributed by atoms with Crippen LogP contribution in [-0.4, -0.2) is 23.6 Å². The van der Waals surface area contributed by atoms with Gasteiger partial charge < -0.3 is 10.2 Å². The van der Waals surface area contributed by atoms with E-state index >= 15 is 0 Å². The Morgan fingerprint density at radius 1 is 1.12 bits per heavy atom. The number of amides is 1. The lowest BCUT2D eigenvalue weighted by Crippen LogP contribution is -2.37. The zero-order valence-electron chi connectivity index (χ0n) is 14.7. The van der Waals surface area contributed by atoms with E-state index in [-0.39, 0.29) is 5.91 Å². The van der Waals surface area contributed by atoms with E-state index in [1.807, 2.05) is 24.3 Å². The van der Waals surface area contributed by atoms with E-state index in [1.165, 1.54) is 24.9 Å². The molecule has 1 aliphatic heterocycles. The molecule has 26 heavy (non-hydrogen) atoms. The second-order valence-electron chi connectivity index (χ2n) is 6.50. The number of nitrogens with zero attached hydrogens (tertiary/aromatic N) is 1. The Morgan fingerprint density at radius 3 is 2.46 bits per heavy atom. The maximum absolute atomic E-state index is 12.2. The van der Waals surface area contributed by atoms with E-state index in [0.717, 1.165) is 15.8 Å². The second kappa shape index (κ2) is 8.81. The van der Waals surface area contributed by atoms with Crippen LogP contribution < -0.4 is 15.5 Å². The first-order valence-electron chi connectivity index (χ1n) is 8.77. The van der Waals surface area contributed by atoms with Gasteiger partial charge in [0, 0.05) is 33.1 Å². The minimum atomic E-state index is -0.210. The standard InChI is InChI=1S/C20H22IN3OS/c1-14-4-2-3-13-24(14)18-11-9-17(10-12-18)22-20(26)23-19(25)15-5-7-16(21)8-6-15/h5-12,14H,2-4,13H2,1H3,(H2,22,23,25,26)/t14-/m1/s1. The van der Waals surface area contributed by atoms with Crippen LogP contribution in [0.2, 0.25) is 0 Å². The van der Waals surface area contributed by atoms with Gasteiger partial charge in [0.2, 0.25) is 0 Å². The van der Waals surface area contributed by atoms with Crippen molar-refractivity contribution in [2.45, 2.75) is 32.2 Å². The van der Waals surface area contributed by atoms with Gasteiger partial charge in [0.1, 0.15) is 0 Å². The summed E-state index contributed by atoms with van der Waals surface area (Å²) < 4.78 is 1.09. The third-order valence-electron chi connectivity index (χ3n) is 4.59. The number of thiocarbonyl (C=S) groups is 1. The Hall–Kier alpha value is -1.67. The highest BCUT2D eigenvalue weighted by Crippen LogP contribution is 2.25. The molecule has 136 valence electrons. The van der Waals surface area contributed by atoms with Crippen molar-refractivity contribution < 1.29 is 4.79 Å². The van der Waals surface area contributed by atoms with Crippen LogP contribution in [0.1, 0.15) is 36.5 Å². The third kappa shape index (κ3) is 4.94. The highest BCUT2D eigenvalue weighted by Gasteiger charge is 2.18. The maximum Gasteiger partial charge on any atom is 0.257 e. The van der Waals surface area contributed by atoms with Gasteiger partial charge >= 0.3 is 0 Å². The van der Waals surface area contributed by atoms with E-state index in [9.17, 15) is 4.79 Å². The predicted octanol–water partition coefficient (Wildman–Crippen LogP) is 4.80. The average molecular weight is 479 g/mol. The van der Waals surface area contributed by atoms with Gasteiger partial charge in [0.15, 0.2) is 5.11 Å². The third-order valence-corrected chi connectivity index (χ3v) is 5.52. The molecular formula is C20H22IN3OS. The first-order valence-corrected chi connectivity index (χ1v) is 10.3. The average Bonchev–Trinajstić information content (AvgIpc) is 2.63. The Balaban J connectivity index is 1.57. The Kier molecular flexibility index (Phi) is 6.48. The van der Waals surface area contributed by atoms with Gasteiger partial charge in [-0.25, -0.2) is 0 Å². The maximum atomic E-state index is 12.2. The minimum absolute atomic E-state index is 0.210. The van der Waals surface area contributed by atoms with Crippen LogP contribution in [0.25, 0.3) is 0 Å². The molecule has 3 rings (SSSR count). The molecule has 0 radical (unpaired) electrons.